The molecule has 0 heterocycles. The van der Waals surface area contributed by atoms with Crippen LogP contribution in [0.4, 0.5) is 11.4 Å². The molecule has 0 spiro atoms. The van der Waals surface area contributed by atoms with E-state index in [0.717, 1.165) is 5.56 Å². The Morgan fingerprint density at radius 1 is 1.24 bits per heavy atom. The molecule has 0 saturated heterocycles. The fourth-order valence-corrected chi connectivity index (χ4v) is 3.44. The van der Waals surface area contributed by atoms with Gasteiger partial charge in [0.15, 0.2) is 0 Å². The van der Waals surface area contributed by atoms with Gasteiger partial charge in [0.1, 0.15) is 10.6 Å². The zero-order valence-corrected chi connectivity index (χ0v) is 13.1. The quantitative estimate of drug-likeness (QED) is 0.846. The molecule has 5 nitrogen and oxygen atoms in total. The smallest absolute Gasteiger partial charge is 0.264 e. The van der Waals surface area contributed by atoms with E-state index < -0.39 is 10.0 Å². The van der Waals surface area contributed by atoms with Crippen molar-refractivity contribution in [2.45, 2.75) is 11.8 Å². The van der Waals surface area contributed by atoms with Crippen LogP contribution in [0.25, 0.3) is 0 Å². The van der Waals surface area contributed by atoms with E-state index in [9.17, 15) is 8.42 Å². The maximum Gasteiger partial charge on any atom is 0.264 e. The minimum atomic E-state index is -3.83. The lowest BCUT2D eigenvalue weighted by atomic mass is 10.2. The number of hydrogen-bond acceptors (Lipinski definition) is 4. The number of sulfonamides is 1. The van der Waals surface area contributed by atoms with Crippen molar-refractivity contribution in [2.75, 3.05) is 17.6 Å². The van der Waals surface area contributed by atoms with Crippen molar-refractivity contribution < 1.29 is 13.2 Å². The van der Waals surface area contributed by atoms with Crippen molar-refractivity contribution in [1.29, 1.82) is 0 Å². The van der Waals surface area contributed by atoms with Crippen LogP contribution >= 0.6 is 11.6 Å². The molecular weight excluding hydrogens is 312 g/mol. The summed E-state index contributed by atoms with van der Waals surface area (Å²) < 4.78 is 32.3. The molecule has 3 N–H and O–H groups in total. The Morgan fingerprint density at radius 3 is 2.52 bits per heavy atom. The van der Waals surface area contributed by atoms with Gasteiger partial charge < -0.3 is 10.5 Å². The van der Waals surface area contributed by atoms with Crippen LogP contribution in [-0.2, 0) is 10.0 Å². The van der Waals surface area contributed by atoms with Gasteiger partial charge in [-0.1, -0.05) is 23.7 Å². The Balaban J connectivity index is 2.44. The molecule has 2 aromatic rings. The van der Waals surface area contributed by atoms with Crippen LogP contribution in [0, 0.1) is 6.92 Å². The van der Waals surface area contributed by atoms with Gasteiger partial charge in [-0.3, -0.25) is 4.72 Å². The maximum absolute atomic E-state index is 12.4. The molecule has 0 aromatic heterocycles. The van der Waals surface area contributed by atoms with Crippen LogP contribution in [-0.4, -0.2) is 15.5 Å². The summed E-state index contributed by atoms with van der Waals surface area (Å²) in [6.07, 6.45) is 0. The molecule has 0 aliphatic heterocycles. The molecule has 0 atom stereocenters. The van der Waals surface area contributed by atoms with E-state index in [1.54, 1.807) is 25.1 Å². The Morgan fingerprint density at radius 2 is 1.95 bits per heavy atom. The highest BCUT2D eigenvalue weighted by Crippen LogP contribution is 2.30. The lowest BCUT2D eigenvalue weighted by Crippen LogP contribution is -2.15. The van der Waals surface area contributed by atoms with E-state index >= 15 is 0 Å². The first kappa shape index (κ1) is 15.5. The second-order valence-corrected chi connectivity index (χ2v) is 6.50. The summed E-state index contributed by atoms with van der Waals surface area (Å²) in [6, 6.07) is 9.50. The van der Waals surface area contributed by atoms with E-state index in [1.165, 1.54) is 25.3 Å². The monoisotopic (exact) mass is 326 g/mol. The molecule has 21 heavy (non-hydrogen) atoms. The summed E-state index contributed by atoms with van der Waals surface area (Å²) in [7, 11) is -2.35. The zero-order valence-electron chi connectivity index (χ0n) is 11.6. The number of hydrogen-bond donors (Lipinski definition) is 2. The van der Waals surface area contributed by atoms with Gasteiger partial charge in [0.05, 0.1) is 23.5 Å². The first-order chi connectivity index (χ1) is 9.85. The molecule has 0 unspecified atom stereocenters. The summed E-state index contributed by atoms with van der Waals surface area (Å²) in [6.45, 7) is 1.76. The van der Waals surface area contributed by atoms with Crippen molar-refractivity contribution in [2.24, 2.45) is 0 Å². The zero-order chi connectivity index (χ0) is 15.6. The molecule has 0 saturated carbocycles. The van der Waals surface area contributed by atoms with Gasteiger partial charge >= 0.3 is 0 Å². The molecule has 2 rings (SSSR count). The van der Waals surface area contributed by atoms with Crippen LogP contribution in [0.2, 0.25) is 5.02 Å². The van der Waals surface area contributed by atoms with Crippen LogP contribution < -0.4 is 15.2 Å². The lowest BCUT2D eigenvalue weighted by Gasteiger charge is -2.14. The number of anilines is 2. The number of ether oxygens (including phenoxy) is 1. The molecule has 0 radical (unpaired) electrons. The second-order valence-electron chi connectivity index (χ2n) is 4.44. The fourth-order valence-electron chi connectivity index (χ4n) is 1.85. The largest absolute Gasteiger partial charge is 0.497 e. The van der Waals surface area contributed by atoms with Gasteiger partial charge in [0, 0.05) is 6.07 Å². The Hall–Kier alpha value is -1.92. The Kier molecular flexibility index (Phi) is 4.29. The number of methoxy groups -OCH3 is 1. The molecule has 7 heteroatoms. The molecule has 0 bridgehead atoms. The third kappa shape index (κ3) is 3.22. The predicted octanol–water partition coefficient (Wildman–Crippen LogP) is 3.04. The van der Waals surface area contributed by atoms with Crippen LogP contribution in [0.15, 0.2) is 41.3 Å². The number of aryl methyl sites for hydroxylation is 1. The number of nitrogens with two attached hydrogens (primary N) is 1. The summed E-state index contributed by atoms with van der Waals surface area (Å²) >= 11 is 6.03. The summed E-state index contributed by atoms with van der Waals surface area (Å²) in [5.74, 6) is 0.486. The Bertz CT molecular complexity index is 756. The molecule has 0 fully saturated rings. The van der Waals surface area contributed by atoms with Gasteiger partial charge in [0.2, 0.25) is 0 Å². The normalized spacial score (nSPS) is 11.2. The molecule has 2 aromatic carbocycles. The van der Waals surface area contributed by atoms with E-state index in [-0.39, 0.29) is 10.6 Å². The number of nitrogen functional groups attached to an aromatic ring is 1. The van der Waals surface area contributed by atoms with Gasteiger partial charge in [-0.2, -0.15) is 0 Å². The lowest BCUT2D eigenvalue weighted by molar-refractivity contribution is 0.414. The Labute approximate surface area is 128 Å². The highest BCUT2D eigenvalue weighted by molar-refractivity contribution is 7.92. The van der Waals surface area contributed by atoms with E-state index in [1.807, 2.05) is 0 Å². The SMILES string of the molecule is COc1ccc(S(=O)(=O)Nc2c(C)cccc2Cl)c(N)c1. The molecule has 0 aliphatic carbocycles. The topological polar surface area (TPSA) is 81.4 Å². The fraction of sp³-hybridized carbons (Fsp3) is 0.143. The van der Waals surface area contributed by atoms with E-state index in [0.29, 0.717) is 16.5 Å². The predicted molar refractivity (Wildman–Crippen MR) is 84.4 cm³/mol. The van der Waals surface area contributed by atoms with Gasteiger partial charge in [0.25, 0.3) is 10.0 Å². The van der Waals surface area contributed by atoms with Crippen molar-refractivity contribution in [3.63, 3.8) is 0 Å². The first-order valence-electron chi connectivity index (χ1n) is 6.06. The number of nitrogens with one attached hydrogen (secondary N) is 1. The molecule has 0 aliphatic rings. The van der Waals surface area contributed by atoms with E-state index in [4.69, 9.17) is 22.1 Å². The summed E-state index contributed by atoms with van der Waals surface area (Å²) in [5, 5.41) is 0.325. The highest BCUT2D eigenvalue weighted by Gasteiger charge is 2.20. The third-order valence-corrected chi connectivity index (χ3v) is 4.70. The van der Waals surface area contributed by atoms with Gasteiger partial charge in [-0.05, 0) is 30.7 Å². The minimum absolute atomic E-state index is 0.0254. The van der Waals surface area contributed by atoms with E-state index in [2.05, 4.69) is 4.72 Å². The van der Waals surface area contributed by atoms with Crippen molar-refractivity contribution in [3.05, 3.63) is 47.0 Å². The number of para-hydroxylation sites is 1. The van der Waals surface area contributed by atoms with Crippen molar-refractivity contribution in [3.8, 4) is 5.75 Å². The van der Waals surface area contributed by atoms with Crippen molar-refractivity contribution >= 4 is 33.0 Å². The molecular formula is C14H15ClN2O3S. The van der Waals surface area contributed by atoms with Gasteiger partial charge in [-0.15, -0.1) is 0 Å². The maximum atomic E-state index is 12.4. The average molecular weight is 327 g/mol. The second kappa shape index (κ2) is 5.83. The number of benzene rings is 2. The number of rotatable bonds is 4. The minimum Gasteiger partial charge on any atom is -0.497 e. The molecule has 112 valence electrons. The standard InChI is InChI=1S/C14H15ClN2O3S/c1-9-4-3-5-11(15)14(9)17-21(18,19)13-7-6-10(20-2)8-12(13)16/h3-8,17H,16H2,1-2H3. The van der Waals surface area contributed by atoms with Crippen molar-refractivity contribution in [1.82, 2.24) is 0 Å². The molecule has 0 amide bonds. The van der Waals surface area contributed by atoms with Crippen LogP contribution in [0.3, 0.4) is 0 Å². The van der Waals surface area contributed by atoms with Gasteiger partial charge in [-0.25, -0.2) is 8.42 Å². The first-order valence-corrected chi connectivity index (χ1v) is 7.92. The third-order valence-electron chi connectivity index (χ3n) is 2.96. The highest BCUT2D eigenvalue weighted by atomic mass is 35.5. The average Bonchev–Trinajstić information content (AvgIpc) is 2.42. The van der Waals surface area contributed by atoms with Crippen LogP contribution in [0.1, 0.15) is 5.56 Å². The summed E-state index contributed by atoms with van der Waals surface area (Å²) in [5.41, 5.74) is 6.95. The van der Waals surface area contributed by atoms with Crippen LogP contribution in [0.5, 0.6) is 5.75 Å². The number of halogens is 1. The summed E-state index contributed by atoms with van der Waals surface area (Å²) in [4.78, 5) is -0.0254.